The highest BCUT2D eigenvalue weighted by atomic mass is 79.9. The maximum Gasteiger partial charge on any atom is 0.498 e. The summed E-state index contributed by atoms with van der Waals surface area (Å²) in [6.07, 6.45) is 19.6. The van der Waals surface area contributed by atoms with E-state index in [-0.39, 0.29) is 18.3 Å². The van der Waals surface area contributed by atoms with Crippen LogP contribution >= 0.6 is 15.9 Å². The normalized spacial score (nSPS) is 15.1. The summed E-state index contributed by atoms with van der Waals surface area (Å²) < 4.78 is 34.2. The van der Waals surface area contributed by atoms with Crippen molar-refractivity contribution in [2.45, 2.75) is 83.5 Å². The van der Waals surface area contributed by atoms with Crippen molar-refractivity contribution in [2.24, 2.45) is 14.1 Å². The average Bonchev–Trinajstić information content (AvgIpc) is 4.42. The van der Waals surface area contributed by atoms with Gasteiger partial charge in [0.25, 0.3) is 0 Å². The number of hydrogen-bond acceptors (Lipinski definition) is 16. The summed E-state index contributed by atoms with van der Waals surface area (Å²) in [4.78, 5) is 43.9. The Balaban J connectivity index is 0.000000158. The summed E-state index contributed by atoms with van der Waals surface area (Å²) >= 11 is 3.34. The molecule has 21 heteroatoms. The maximum atomic E-state index is 12.3. The number of aromatic nitrogens is 11. The molecular weight excluding hydrogens is 1090 g/mol. The first-order valence-electron chi connectivity index (χ1n) is 27.2. The van der Waals surface area contributed by atoms with Crippen molar-refractivity contribution in [3.05, 3.63) is 160 Å². The van der Waals surface area contributed by atoms with Gasteiger partial charge in [-0.2, -0.15) is 10.2 Å². The third kappa shape index (κ3) is 15.1. The zero-order chi connectivity index (χ0) is 57.3. The van der Waals surface area contributed by atoms with Gasteiger partial charge in [0.05, 0.1) is 67.6 Å². The van der Waals surface area contributed by atoms with E-state index in [2.05, 4.69) is 111 Å². The standard InChI is InChI=1S/C28H32N6O.C22H22BrN5O3.C10H17BN2O2/c1-33(2)12-5-13-35-25-17-29-28(30-18-25)23-7-4-6-20(15-23)14-22-9-8-21-10-11-26(32-27(21)22)24-16-31-34(3)19-24;1-27(2)9-4-10-30-17-12-24-20(25-13-17)16-6-3-5-15(11-16)14-28-21-18(31-22(28)29)7-8-19(23)26-21;1-9(2)10(3,4)15-11(14-9)8-6-12-13(5)7-8/h4,6-7,10-11,15-19,22H,5,8-9,12-14H2,1-3H3;3,5-8,11-13H,4,9-10,14H2,1-2H3;6-7H,1-5H3. The van der Waals surface area contributed by atoms with E-state index in [1.165, 1.54) is 21.4 Å². The van der Waals surface area contributed by atoms with Crippen LogP contribution in [-0.2, 0) is 42.8 Å². The molecule has 0 saturated carbocycles. The van der Waals surface area contributed by atoms with Crippen molar-refractivity contribution >= 4 is 39.7 Å². The highest BCUT2D eigenvalue weighted by Gasteiger charge is 2.52. The number of halogens is 1. The van der Waals surface area contributed by atoms with E-state index in [0.29, 0.717) is 58.8 Å². The molecule has 422 valence electrons. The summed E-state index contributed by atoms with van der Waals surface area (Å²) in [7, 11) is 11.7. The predicted octanol–water partition coefficient (Wildman–Crippen LogP) is 8.85. The first-order valence-corrected chi connectivity index (χ1v) is 28.0. The minimum absolute atomic E-state index is 0.284. The topological polar surface area (TPSA) is 192 Å². The van der Waals surface area contributed by atoms with Gasteiger partial charge in [-0.3, -0.25) is 18.9 Å². The zero-order valence-electron chi connectivity index (χ0n) is 47.9. The predicted molar refractivity (Wildman–Crippen MR) is 317 cm³/mol. The molecule has 1 aliphatic heterocycles. The number of fused-ring (bicyclic) bond motifs is 2. The minimum atomic E-state index is -0.446. The van der Waals surface area contributed by atoms with E-state index in [4.69, 9.17) is 28.2 Å². The Hall–Kier alpha value is -7.43. The van der Waals surface area contributed by atoms with Gasteiger partial charge in [0, 0.05) is 79.5 Å². The van der Waals surface area contributed by atoms with Crippen molar-refractivity contribution in [1.29, 1.82) is 0 Å². The smallest absolute Gasteiger partial charge is 0.490 e. The molecule has 1 fully saturated rings. The first-order chi connectivity index (χ1) is 38.9. The Morgan fingerprint density at radius 2 is 1.27 bits per heavy atom. The summed E-state index contributed by atoms with van der Waals surface area (Å²) in [6, 6.07) is 24.1. The lowest BCUT2D eigenvalue weighted by atomic mass is 9.82. The van der Waals surface area contributed by atoms with Crippen molar-refractivity contribution in [1.82, 2.24) is 63.8 Å². The van der Waals surface area contributed by atoms with E-state index in [1.54, 1.807) is 47.8 Å². The van der Waals surface area contributed by atoms with Gasteiger partial charge in [0.2, 0.25) is 0 Å². The molecule has 1 aliphatic carbocycles. The van der Waals surface area contributed by atoms with Crippen LogP contribution in [0.4, 0.5) is 0 Å². The number of rotatable bonds is 18. The Labute approximate surface area is 482 Å². The van der Waals surface area contributed by atoms with Crippen LogP contribution in [0.1, 0.15) is 75.3 Å². The molecule has 1 saturated heterocycles. The second kappa shape index (κ2) is 26.0. The molecule has 0 amide bonds. The SMILES string of the molecule is CN(C)CCCOc1cnc(-c2cccc(CC3CCc4ccc(-c5cnn(C)c5)nc43)c2)nc1.CN(C)CCCOc1cnc(-c2cccc(Cn3c(=O)oc4ccc(Br)nc43)c2)nc1.Cn1cc(B2OC(C)(C)C(C)(C)O2)cn1. The Morgan fingerprint density at radius 3 is 1.84 bits per heavy atom. The summed E-state index contributed by atoms with van der Waals surface area (Å²) in [6.45, 7) is 11.8. The monoisotopic (exact) mass is 1160 g/mol. The van der Waals surface area contributed by atoms with Crippen molar-refractivity contribution in [3.63, 3.8) is 0 Å². The fourth-order valence-corrected chi connectivity index (χ4v) is 9.68. The molecule has 19 nitrogen and oxygen atoms in total. The minimum Gasteiger partial charge on any atom is -0.490 e. The lowest BCUT2D eigenvalue weighted by Gasteiger charge is -2.32. The van der Waals surface area contributed by atoms with Gasteiger partial charge in [-0.05, 0) is 151 Å². The number of hydrogen-bond donors (Lipinski definition) is 0. The van der Waals surface area contributed by atoms with Crippen LogP contribution in [0.25, 0.3) is 45.3 Å². The van der Waals surface area contributed by atoms with Gasteiger partial charge >= 0.3 is 12.9 Å². The Bertz CT molecular complexity index is 3560. The van der Waals surface area contributed by atoms with E-state index >= 15 is 0 Å². The van der Waals surface area contributed by atoms with E-state index in [0.717, 1.165) is 84.4 Å². The number of aryl methyl sites for hydroxylation is 3. The molecule has 2 aromatic carbocycles. The fourth-order valence-electron chi connectivity index (χ4n) is 9.38. The number of nitrogens with zero attached hydrogens (tertiary/aromatic N) is 13. The summed E-state index contributed by atoms with van der Waals surface area (Å²) in [5, 5.41) is 8.41. The van der Waals surface area contributed by atoms with Crippen LogP contribution in [0.15, 0.2) is 136 Å². The van der Waals surface area contributed by atoms with Crippen molar-refractivity contribution < 1.29 is 23.2 Å². The van der Waals surface area contributed by atoms with Crippen LogP contribution in [0, 0.1) is 0 Å². The Morgan fingerprint density at radius 1 is 0.691 bits per heavy atom. The van der Waals surface area contributed by atoms with Crippen molar-refractivity contribution in [3.8, 4) is 45.5 Å². The highest BCUT2D eigenvalue weighted by Crippen LogP contribution is 2.38. The highest BCUT2D eigenvalue weighted by molar-refractivity contribution is 9.10. The number of ether oxygens (including phenoxy) is 2. The maximum absolute atomic E-state index is 12.3. The second-order valence-electron chi connectivity index (χ2n) is 21.9. The lowest BCUT2D eigenvalue weighted by Crippen LogP contribution is -2.41. The Kier molecular flexibility index (Phi) is 18.7. The molecule has 1 unspecified atom stereocenters. The zero-order valence-corrected chi connectivity index (χ0v) is 49.5. The van der Waals surface area contributed by atoms with E-state index in [1.807, 2.05) is 103 Å². The van der Waals surface area contributed by atoms with Crippen LogP contribution in [0.2, 0.25) is 0 Å². The summed E-state index contributed by atoms with van der Waals surface area (Å²) in [5.74, 6) is 2.63. The van der Waals surface area contributed by atoms with Crippen LogP contribution < -0.4 is 20.7 Å². The van der Waals surface area contributed by atoms with E-state index in [9.17, 15) is 4.79 Å². The molecular formula is C60H71BBrN13O6. The van der Waals surface area contributed by atoms with Crippen LogP contribution in [0.3, 0.4) is 0 Å². The molecule has 0 spiro atoms. The molecule has 2 aliphatic rings. The third-order valence-electron chi connectivity index (χ3n) is 14.4. The fraction of sp³-hybridized carbons (Fsp3) is 0.383. The summed E-state index contributed by atoms with van der Waals surface area (Å²) in [5.41, 5.74) is 10.1. The van der Waals surface area contributed by atoms with Gasteiger partial charge in [0.15, 0.2) is 34.4 Å². The molecule has 0 bridgehead atoms. The number of oxazole rings is 1. The average molecular weight is 1160 g/mol. The van der Waals surface area contributed by atoms with Crippen molar-refractivity contribution in [2.75, 3.05) is 54.5 Å². The largest absolute Gasteiger partial charge is 0.498 e. The van der Waals surface area contributed by atoms with E-state index < -0.39 is 5.76 Å². The van der Waals surface area contributed by atoms with Gasteiger partial charge in [0.1, 0.15) is 4.60 Å². The van der Waals surface area contributed by atoms with Gasteiger partial charge in [-0.1, -0.05) is 42.5 Å². The molecule has 0 radical (unpaired) electrons. The quantitative estimate of drug-likeness (QED) is 0.0449. The van der Waals surface area contributed by atoms with Gasteiger partial charge in [-0.15, -0.1) is 0 Å². The van der Waals surface area contributed by atoms with Gasteiger partial charge in [-0.25, -0.2) is 29.7 Å². The molecule has 8 heterocycles. The number of benzene rings is 2. The number of pyridine rings is 2. The molecule has 11 rings (SSSR count). The van der Waals surface area contributed by atoms with Gasteiger partial charge < -0.3 is 33.0 Å². The molecule has 0 N–H and O–H groups in total. The molecule has 1 atom stereocenters. The third-order valence-corrected chi connectivity index (χ3v) is 14.8. The van der Waals surface area contributed by atoms with Crippen LogP contribution in [-0.4, -0.2) is 137 Å². The second-order valence-corrected chi connectivity index (χ2v) is 22.7. The molecule has 9 aromatic rings. The molecule has 81 heavy (non-hydrogen) atoms. The first kappa shape index (κ1) is 58.2. The molecule has 7 aromatic heterocycles. The van der Waals surface area contributed by atoms with Crippen LogP contribution in [0.5, 0.6) is 11.5 Å². The lowest BCUT2D eigenvalue weighted by molar-refractivity contribution is 0.00578.